The van der Waals surface area contributed by atoms with E-state index < -0.39 is 0 Å². The molecule has 4 nitrogen and oxygen atoms in total. The Morgan fingerprint density at radius 3 is 2.39 bits per heavy atom. The van der Waals surface area contributed by atoms with Gasteiger partial charge in [-0.3, -0.25) is 0 Å². The number of anilines is 3. The Kier molecular flexibility index (Phi) is 5.34. The Hall–Kier alpha value is -1.81. The largest absolute Gasteiger partial charge is 0.367 e. The molecule has 122 valence electrons. The maximum Gasteiger partial charge on any atom is 0.229 e. The van der Waals surface area contributed by atoms with Crippen molar-refractivity contribution in [3.05, 3.63) is 41.0 Å². The van der Waals surface area contributed by atoms with Gasteiger partial charge in [-0.05, 0) is 44.0 Å². The van der Waals surface area contributed by atoms with Gasteiger partial charge in [-0.2, -0.15) is 4.98 Å². The number of aryl methyl sites for hydroxylation is 1. The topological polar surface area (TPSA) is 49.8 Å². The fourth-order valence-electron chi connectivity index (χ4n) is 2.99. The van der Waals surface area contributed by atoms with E-state index in [1.807, 2.05) is 37.3 Å². The molecule has 5 heteroatoms. The third-order valence-corrected chi connectivity index (χ3v) is 4.41. The van der Waals surface area contributed by atoms with Crippen molar-refractivity contribution in [2.24, 2.45) is 0 Å². The molecule has 1 aliphatic carbocycles. The minimum atomic E-state index is 0.523. The zero-order valence-electron chi connectivity index (χ0n) is 13.5. The van der Waals surface area contributed by atoms with Gasteiger partial charge in [0.05, 0.1) is 0 Å². The van der Waals surface area contributed by atoms with E-state index >= 15 is 0 Å². The maximum atomic E-state index is 5.92. The summed E-state index contributed by atoms with van der Waals surface area (Å²) < 4.78 is 0. The minimum Gasteiger partial charge on any atom is -0.367 e. The van der Waals surface area contributed by atoms with Gasteiger partial charge in [0.15, 0.2) is 0 Å². The van der Waals surface area contributed by atoms with E-state index in [9.17, 15) is 0 Å². The summed E-state index contributed by atoms with van der Waals surface area (Å²) in [5, 5.41) is 7.54. The Labute approximate surface area is 142 Å². The summed E-state index contributed by atoms with van der Waals surface area (Å²) in [6.07, 6.45) is 7.76. The fourth-order valence-corrected chi connectivity index (χ4v) is 3.12. The molecular weight excluding hydrogens is 308 g/mol. The molecule has 0 radical (unpaired) electrons. The average Bonchev–Trinajstić information content (AvgIpc) is 2.78. The lowest BCUT2D eigenvalue weighted by Crippen LogP contribution is -2.19. The predicted molar refractivity (Wildman–Crippen MR) is 96.6 cm³/mol. The molecule has 0 aliphatic heterocycles. The number of aromatic nitrogens is 2. The first kappa shape index (κ1) is 16.1. The molecule has 3 rings (SSSR count). The van der Waals surface area contributed by atoms with Gasteiger partial charge >= 0.3 is 0 Å². The van der Waals surface area contributed by atoms with Crippen molar-refractivity contribution in [3.8, 4) is 0 Å². The summed E-state index contributed by atoms with van der Waals surface area (Å²) >= 11 is 5.92. The molecule has 2 N–H and O–H groups in total. The molecule has 1 aliphatic rings. The van der Waals surface area contributed by atoms with Crippen molar-refractivity contribution in [2.45, 2.75) is 51.5 Å². The first-order valence-electron chi connectivity index (χ1n) is 8.34. The highest BCUT2D eigenvalue weighted by atomic mass is 35.5. The highest BCUT2D eigenvalue weighted by Gasteiger charge is 2.13. The summed E-state index contributed by atoms with van der Waals surface area (Å²) in [5.74, 6) is 1.52. The van der Waals surface area contributed by atoms with Crippen molar-refractivity contribution in [1.82, 2.24) is 9.97 Å². The second-order valence-electron chi connectivity index (χ2n) is 6.18. The number of hydrogen-bond donors (Lipinski definition) is 2. The van der Waals surface area contributed by atoms with Gasteiger partial charge in [-0.15, -0.1) is 0 Å². The fraction of sp³-hybridized carbons (Fsp3) is 0.444. The number of nitrogens with zero attached hydrogens (tertiary/aromatic N) is 2. The van der Waals surface area contributed by atoms with Crippen LogP contribution in [-0.2, 0) is 0 Å². The van der Waals surface area contributed by atoms with Gasteiger partial charge in [0.25, 0.3) is 0 Å². The van der Waals surface area contributed by atoms with E-state index in [1.54, 1.807) is 0 Å². The Balaban J connectivity index is 1.71. The van der Waals surface area contributed by atoms with Crippen LogP contribution in [0.25, 0.3) is 0 Å². The van der Waals surface area contributed by atoms with Gasteiger partial charge in [0, 0.05) is 28.5 Å². The molecule has 1 fully saturated rings. The first-order valence-corrected chi connectivity index (χ1v) is 8.72. The molecule has 1 heterocycles. The second kappa shape index (κ2) is 7.64. The summed E-state index contributed by atoms with van der Waals surface area (Å²) in [7, 11) is 0. The molecule has 1 saturated carbocycles. The average molecular weight is 331 g/mol. The van der Waals surface area contributed by atoms with Crippen LogP contribution in [0.1, 0.15) is 44.2 Å². The number of benzene rings is 1. The van der Waals surface area contributed by atoms with E-state index in [2.05, 4.69) is 20.6 Å². The van der Waals surface area contributed by atoms with Gasteiger partial charge in [0.2, 0.25) is 5.95 Å². The Morgan fingerprint density at radius 2 is 1.70 bits per heavy atom. The first-order chi connectivity index (χ1) is 11.2. The number of rotatable bonds is 4. The van der Waals surface area contributed by atoms with Crippen LogP contribution in [0.4, 0.5) is 17.5 Å². The van der Waals surface area contributed by atoms with Crippen LogP contribution < -0.4 is 10.6 Å². The van der Waals surface area contributed by atoms with Gasteiger partial charge < -0.3 is 10.6 Å². The van der Waals surface area contributed by atoms with Crippen LogP contribution in [0.2, 0.25) is 5.02 Å². The van der Waals surface area contributed by atoms with Gasteiger partial charge in [-0.1, -0.05) is 37.3 Å². The third-order valence-electron chi connectivity index (χ3n) is 4.16. The maximum absolute atomic E-state index is 5.92. The van der Waals surface area contributed by atoms with E-state index in [1.165, 1.54) is 38.5 Å². The summed E-state index contributed by atoms with van der Waals surface area (Å²) in [4.78, 5) is 9.08. The van der Waals surface area contributed by atoms with Crippen LogP contribution in [-0.4, -0.2) is 16.0 Å². The summed E-state index contributed by atoms with van der Waals surface area (Å²) in [5.41, 5.74) is 1.88. The molecule has 23 heavy (non-hydrogen) atoms. The zero-order valence-corrected chi connectivity index (χ0v) is 14.2. The predicted octanol–water partition coefficient (Wildman–Crippen LogP) is 5.32. The lowest BCUT2D eigenvalue weighted by Gasteiger charge is -2.17. The van der Waals surface area contributed by atoms with Crippen LogP contribution in [0, 0.1) is 6.92 Å². The third kappa shape index (κ3) is 4.83. The molecule has 1 aromatic heterocycles. The van der Waals surface area contributed by atoms with Crippen molar-refractivity contribution in [1.29, 1.82) is 0 Å². The van der Waals surface area contributed by atoms with Crippen molar-refractivity contribution in [3.63, 3.8) is 0 Å². The lowest BCUT2D eigenvalue weighted by molar-refractivity contribution is 0.617. The molecule has 0 unspecified atom stereocenters. The molecule has 1 aromatic carbocycles. The van der Waals surface area contributed by atoms with Crippen LogP contribution >= 0.6 is 11.6 Å². The van der Waals surface area contributed by atoms with Gasteiger partial charge in [0.1, 0.15) is 5.82 Å². The van der Waals surface area contributed by atoms with E-state index in [0.29, 0.717) is 12.0 Å². The Morgan fingerprint density at radius 1 is 1.00 bits per heavy atom. The number of halogens is 1. The van der Waals surface area contributed by atoms with Crippen molar-refractivity contribution < 1.29 is 0 Å². The van der Waals surface area contributed by atoms with E-state index in [-0.39, 0.29) is 0 Å². The van der Waals surface area contributed by atoms with Crippen LogP contribution in [0.3, 0.4) is 0 Å². The molecule has 0 spiro atoms. The molecule has 0 saturated heterocycles. The summed E-state index contributed by atoms with van der Waals surface area (Å²) in [6, 6.07) is 10.1. The molecule has 2 aromatic rings. The monoisotopic (exact) mass is 330 g/mol. The van der Waals surface area contributed by atoms with Crippen LogP contribution in [0.5, 0.6) is 0 Å². The Bertz CT molecular complexity index is 634. The molecule has 0 amide bonds. The molecule has 0 bridgehead atoms. The highest BCUT2D eigenvalue weighted by molar-refractivity contribution is 6.30. The van der Waals surface area contributed by atoms with Crippen molar-refractivity contribution >= 4 is 29.1 Å². The highest BCUT2D eigenvalue weighted by Crippen LogP contribution is 2.22. The number of nitrogens with one attached hydrogen (secondary N) is 2. The van der Waals surface area contributed by atoms with Crippen molar-refractivity contribution in [2.75, 3.05) is 10.6 Å². The summed E-state index contributed by atoms with van der Waals surface area (Å²) in [6.45, 7) is 1.99. The minimum absolute atomic E-state index is 0.523. The zero-order chi connectivity index (χ0) is 16.1. The standard InChI is InChI=1S/C18H23ClN4/c1-13-12-17(21-15-6-4-2-3-5-7-15)23-18(20-13)22-16-10-8-14(19)9-11-16/h8-12,15H,2-7H2,1H3,(H2,20,21,22,23). The molecular formula is C18H23ClN4. The smallest absolute Gasteiger partial charge is 0.229 e. The normalized spacial score (nSPS) is 15.9. The lowest BCUT2D eigenvalue weighted by atomic mass is 10.1. The van der Waals surface area contributed by atoms with E-state index in [4.69, 9.17) is 11.6 Å². The van der Waals surface area contributed by atoms with E-state index in [0.717, 1.165) is 22.2 Å². The van der Waals surface area contributed by atoms with Gasteiger partial charge in [-0.25, -0.2) is 4.98 Å². The molecule has 0 atom stereocenters. The number of hydrogen-bond acceptors (Lipinski definition) is 4. The van der Waals surface area contributed by atoms with Crippen LogP contribution in [0.15, 0.2) is 30.3 Å². The second-order valence-corrected chi connectivity index (χ2v) is 6.62. The SMILES string of the molecule is Cc1cc(NC2CCCCCC2)nc(Nc2ccc(Cl)cc2)n1. The quantitative estimate of drug-likeness (QED) is 0.745.